The standard InChI is InChI=1S/C26H25N3O/c1-4-20-7-5-6-8-22(20)27-25(30)14-13-23-26(21-11-9-18(2)10-12-21)28-24-17-19(3)15-16-29(23)24/h5-17H,4H2,1-3H3,(H,27,30)/b14-13+. The van der Waals surface area contributed by atoms with Gasteiger partial charge in [-0.05, 0) is 55.7 Å². The van der Waals surface area contributed by atoms with Crippen LogP contribution in [0.1, 0.15) is 29.3 Å². The predicted molar refractivity (Wildman–Crippen MR) is 124 cm³/mol. The van der Waals surface area contributed by atoms with Crippen molar-refractivity contribution in [3.63, 3.8) is 0 Å². The number of para-hydroxylation sites is 1. The summed E-state index contributed by atoms with van der Waals surface area (Å²) in [7, 11) is 0. The number of hydrogen-bond acceptors (Lipinski definition) is 2. The second-order valence-corrected chi connectivity index (χ2v) is 7.48. The van der Waals surface area contributed by atoms with Crippen molar-refractivity contribution in [3.8, 4) is 11.3 Å². The van der Waals surface area contributed by atoms with Crippen molar-refractivity contribution in [1.29, 1.82) is 0 Å². The highest BCUT2D eigenvalue weighted by molar-refractivity contribution is 6.02. The van der Waals surface area contributed by atoms with Gasteiger partial charge in [0.2, 0.25) is 5.91 Å². The summed E-state index contributed by atoms with van der Waals surface area (Å²) in [5.41, 5.74) is 7.94. The fourth-order valence-electron chi connectivity index (χ4n) is 3.53. The Bertz CT molecular complexity index is 1230. The van der Waals surface area contributed by atoms with Gasteiger partial charge < -0.3 is 5.32 Å². The minimum atomic E-state index is -0.159. The molecule has 1 N–H and O–H groups in total. The van der Waals surface area contributed by atoms with Crippen LogP contribution in [-0.2, 0) is 11.2 Å². The molecule has 0 aliphatic rings. The molecule has 2 heterocycles. The number of aromatic nitrogens is 2. The number of imidazole rings is 1. The fraction of sp³-hybridized carbons (Fsp3) is 0.154. The Hall–Kier alpha value is -3.66. The van der Waals surface area contributed by atoms with E-state index in [9.17, 15) is 4.79 Å². The Morgan fingerprint density at radius 1 is 1.03 bits per heavy atom. The third kappa shape index (κ3) is 4.03. The summed E-state index contributed by atoms with van der Waals surface area (Å²) in [6.07, 6.45) is 6.28. The van der Waals surface area contributed by atoms with Crippen molar-refractivity contribution >= 4 is 23.3 Å². The molecule has 0 saturated heterocycles. The second kappa shape index (κ2) is 8.37. The second-order valence-electron chi connectivity index (χ2n) is 7.48. The van der Waals surface area contributed by atoms with E-state index >= 15 is 0 Å². The van der Waals surface area contributed by atoms with Crippen LogP contribution in [0.5, 0.6) is 0 Å². The lowest BCUT2D eigenvalue weighted by molar-refractivity contribution is -0.111. The van der Waals surface area contributed by atoms with Crippen molar-refractivity contribution in [2.24, 2.45) is 0 Å². The normalized spacial score (nSPS) is 11.3. The Morgan fingerprint density at radius 3 is 2.57 bits per heavy atom. The Balaban J connectivity index is 1.71. The molecule has 0 saturated carbocycles. The van der Waals surface area contributed by atoms with Gasteiger partial charge in [-0.3, -0.25) is 9.20 Å². The number of carbonyl (C=O) groups excluding carboxylic acids is 1. The Kier molecular flexibility index (Phi) is 5.48. The zero-order valence-electron chi connectivity index (χ0n) is 17.5. The fourth-order valence-corrected chi connectivity index (χ4v) is 3.53. The van der Waals surface area contributed by atoms with Crippen molar-refractivity contribution < 1.29 is 4.79 Å². The highest BCUT2D eigenvalue weighted by atomic mass is 16.1. The van der Waals surface area contributed by atoms with Gasteiger partial charge in [0, 0.05) is 23.5 Å². The molecule has 0 aliphatic heterocycles. The van der Waals surface area contributed by atoms with Gasteiger partial charge in [-0.2, -0.15) is 0 Å². The zero-order chi connectivity index (χ0) is 21.1. The molecule has 0 aliphatic carbocycles. The van der Waals surface area contributed by atoms with E-state index in [1.165, 1.54) is 5.56 Å². The minimum Gasteiger partial charge on any atom is -0.322 e. The molecule has 4 nitrogen and oxygen atoms in total. The summed E-state index contributed by atoms with van der Waals surface area (Å²) < 4.78 is 2.02. The molecule has 30 heavy (non-hydrogen) atoms. The van der Waals surface area contributed by atoms with Gasteiger partial charge in [-0.25, -0.2) is 4.98 Å². The Morgan fingerprint density at radius 2 is 1.80 bits per heavy atom. The molecule has 2 aromatic heterocycles. The number of benzene rings is 2. The summed E-state index contributed by atoms with van der Waals surface area (Å²) in [6.45, 7) is 6.19. The van der Waals surface area contributed by atoms with Crippen molar-refractivity contribution in [2.45, 2.75) is 27.2 Å². The topological polar surface area (TPSA) is 46.4 Å². The number of carbonyl (C=O) groups is 1. The largest absolute Gasteiger partial charge is 0.322 e. The van der Waals surface area contributed by atoms with Crippen LogP contribution in [-0.4, -0.2) is 15.3 Å². The van der Waals surface area contributed by atoms with Crippen LogP contribution in [0.25, 0.3) is 23.0 Å². The number of amides is 1. The number of pyridine rings is 1. The number of nitrogens with zero attached hydrogens (tertiary/aromatic N) is 2. The minimum absolute atomic E-state index is 0.159. The molecule has 0 radical (unpaired) electrons. The van der Waals surface area contributed by atoms with Crippen molar-refractivity contribution in [1.82, 2.24) is 9.38 Å². The lowest BCUT2D eigenvalue weighted by Gasteiger charge is -2.07. The summed E-state index contributed by atoms with van der Waals surface area (Å²) >= 11 is 0. The molecule has 1 amide bonds. The third-order valence-corrected chi connectivity index (χ3v) is 5.19. The van der Waals surface area contributed by atoms with Gasteiger partial charge in [0.05, 0.1) is 11.4 Å². The van der Waals surface area contributed by atoms with Gasteiger partial charge in [0.15, 0.2) is 0 Å². The molecule has 2 aromatic carbocycles. The van der Waals surface area contributed by atoms with E-state index in [4.69, 9.17) is 4.98 Å². The maximum absolute atomic E-state index is 12.6. The van der Waals surface area contributed by atoms with E-state index in [0.717, 1.165) is 45.8 Å². The quantitative estimate of drug-likeness (QED) is 0.432. The van der Waals surface area contributed by atoms with Gasteiger partial charge in [-0.1, -0.05) is 55.0 Å². The first kappa shape index (κ1) is 19.6. The molecule has 4 aromatic rings. The monoisotopic (exact) mass is 395 g/mol. The van der Waals surface area contributed by atoms with E-state index in [0.29, 0.717) is 0 Å². The first-order valence-electron chi connectivity index (χ1n) is 10.2. The number of aryl methyl sites for hydroxylation is 3. The first-order valence-corrected chi connectivity index (χ1v) is 10.2. The van der Waals surface area contributed by atoms with E-state index < -0.39 is 0 Å². The molecule has 0 spiro atoms. The molecular weight excluding hydrogens is 370 g/mol. The average Bonchev–Trinajstić information content (AvgIpc) is 3.10. The lowest BCUT2D eigenvalue weighted by atomic mass is 10.1. The van der Waals surface area contributed by atoms with Crippen LogP contribution in [0.2, 0.25) is 0 Å². The smallest absolute Gasteiger partial charge is 0.248 e. The van der Waals surface area contributed by atoms with Crippen molar-refractivity contribution in [2.75, 3.05) is 5.32 Å². The van der Waals surface area contributed by atoms with Gasteiger partial charge in [-0.15, -0.1) is 0 Å². The van der Waals surface area contributed by atoms with Crippen LogP contribution in [0.3, 0.4) is 0 Å². The van der Waals surface area contributed by atoms with Crippen molar-refractivity contribution in [3.05, 3.63) is 95.3 Å². The number of fused-ring (bicyclic) bond motifs is 1. The number of anilines is 1. The van der Waals surface area contributed by atoms with Gasteiger partial charge in [0.1, 0.15) is 5.65 Å². The van der Waals surface area contributed by atoms with Gasteiger partial charge in [0.25, 0.3) is 0 Å². The van der Waals surface area contributed by atoms with E-state index in [1.807, 2.05) is 60.0 Å². The molecule has 0 fully saturated rings. The maximum atomic E-state index is 12.6. The summed E-state index contributed by atoms with van der Waals surface area (Å²) in [5.74, 6) is -0.159. The highest BCUT2D eigenvalue weighted by Crippen LogP contribution is 2.26. The lowest BCUT2D eigenvalue weighted by Crippen LogP contribution is -2.09. The number of nitrogens with one attached hydrogen (secondary N) is 1. The molecule has 0 atom stereocenters. The summed E-state index contributed by atoms with van der Waals surface area (Å²) in [4.78, 5) is 17.5. The van der Waals surface area contributed by atoms with E-state index in [-0.39, 0.29) is 5.91 Å². The highest BCUT2D eigenvalue weighted by Gasteiger charge is 2.13. The summed E-state index contributed by atoms with van der Waals surface area (Å²) in [5, 5.41) is 2.99. The van der Waals surface area contributed by atoms with Crippen LogP contribution >= 0.6 is 0 Å². The van der Waals surface area contributed by atoms with E-state index in [2.05, 4.69) is 43.4 Å². The number of hydrogen-bond donors (Lipinski definition) is 1. The summed E-state index contributed by atoms with van der Waals surface area (Å²) in [6, 6.07) is 20.3. The van der Waals surface area contributed by atoms with Gasteiger partial charge >= 0.3 is 0 Å². The average molecular weight is 396 g/mol. The third-order valence-electron chi connectivity index (χ3n) is 5.19. The van der Waals surface area contributed by atoms with E-state index in [1.54, 1.807) is 6.08 Å². The first-order chi connectivity index (χ1) is 14.5. The SMILES string of the molecule is CCc1ccccc1NC(=O)/C=C/c1c(-c2ccc(C)cc2)nc2cc(C)ccn12. The molecule has 4 rings (SSSR count). The predicted octanol–water partition coefficient (Wildman–Crippen LogP) is 5.83. The van der Waals surface area contributed by atoms with Crippen LogP contribution < -0.4 is 5.32 Å². The van der Waals surface area contributed by atoms with Crippen LogP contribution in [0.4, 0.5) is 5.69 Å². The number of rotatable bonds is 5. The Labute approximate surface area is 176 Å². The molecule has 0 bridgehead atoms. The zero-order valence-corrected chi connectivity index (χ0v) is 17.5. The molecule has 4 heteroatoms. The molecular formula is C26H25N3O. The maximum Gasteiger partial charge on any atom is 0.248 e. The van der Waals surface area contributed by atoms with Crippen LogP contribution in [0.15, 0.2) is 72.9 Å². The molecule has 0 unspecified atom stereocenters. The molecule has 150 valence electrons. The van der Waals surface area contributed by atoms with Crippen LogP contribution in [0, 0.1) is 13.8 Å².